The third-order valence-corrected chi connectivity index (χ3v) is 15.8. The van der Waals surface area contributed by atoms with Gasteiger partial charge in [-0.25, -0.2) is 4.79 Å². The van der Waals surface area contributed by atoms with Crippen LogP contribution in [-0.2, 0) is 35.0 Å². The molecule has 0 spiro atoms. The van der Waals surface area contributed by atoms with E-state index in [1.165, 1.54) is 93.7 Å². The number of amides is 4. The molecule has 1 aliphatic rings. The number of carbonyl (C=O) groups is 4. The first-order chi connectivity index (χ1) is 40.1. The Labute approximate surface area is 504 Å². The highest BCUT2D eigenvalue weighted by molar-refractivity contribution is 5.86. The first-order valence-corrected chi connectivity index (χ1v) is 32.6. The molecule has 1 aromatic rings. The van der Waals surface area contributed by atoms with Crippen molar-refractivity contribution in [3.8, 4) is 11.5 Å². The highest BCUT2D eigenvalue weighted by Gasteiger charge is 2.34. The minimum atomic E-state index is -1.32. The standard InChI is InChI=1S/C69H118N4O10/c1-10-11-12-13-14-15-16-17-18-19-20-21-22-23-24-25-28-39-63(74)70-46-49-79-51-53-81-54-52-80-50-47-71-64(75)41-40-62(73-68(77)78)67(76)72-45-29-26-27-30-48-82-65-58(6)59(7)66-61(60(65)8)42-44-69(9,83-66)43-33-38-57(5)37-32-36-56(4)35-31-34-55(2)3/h14-15,17-18,20-21,23-24,55-57,62,73H,10-13,16,19,22,25-54H2,1-9H3,(H,70,74)(H,71,75)(H,72,76)(H,77,78)/b15-14-,18-17-,21-20-,24-23-/t56?,57?,62?,69-/m1/s1. The van der Waals surface area contributed by atoms with Crippen molar-refractivity contribution in [1.29, 1.82) is 0 Å². The van der Waals surface area contributed by atoms with Crippen molar-refractivity contribution < 1.29 is 48.0 Å². The lowest BCUT2D eigenvalue weighted by atomic mass is 9.83. The van der Waals surface area contributed by atoms with E-state index in [0.717, 1.165) is 112 Å². The SMILES string of the molecule is CCCCC/C=C\C/C=C\C/C=C\C/C=C\CCCC(=O)NCCOCCOCCOCCNC(=O)CCC(NC(=O)O)C(=O)NCCCCCCOc1c(C)c(C)c2c(c1C)CC[C@@](C)(CCCC(C)CCCC(C)CCCC(C)C)O2. The van der Waals surface area contributed by atoms with Crippen LogP contribution in [0.15, 0.2) is 48.6 Å². The Bertz CT molecular complexity index is 2040. The molecule has 0 fully saturated rings. The molecule has 4 atom stereocenters. The molecule has 474 valence electrons. The van der Waals surface area contributed by atoms with Gasteiger partial charge in [-0.15, -0.1) is 0 Å². The number of ether oxygens (including phenoxy) is 5. The fourth-order valence-corrected chi connectivity index (χ4v) is 10.4. The number of allylic oxidation sites excluding steroid dienone is 8. The summed E-state index contributed by atoms with van der Waals surface area (Å²) in [6.45, 7) is 24.4. The van der Waals surface area contributed by atoms with E-state index in [4.69, 9.17) is 23.7 Å². The van der Waals surface area contributed by atoms with E-state index in [2.05, 4.69) is 132 Å². The highest BCUT2D eigenvalue weighted by atomic mass is 16.5. The van der Waals surface area contributed by atoms with E-state index < -0.39 is 18.0 Å². The van der Waals surface area contributed by atoms with Crippen LogP contribution in [0.3, 0.4) is 0 Å². The van der Waals surface area contributed by atoms with Crippen LogP contribution in [0.2, 0.25) is 0 Å². The number of unbranched alkanes of at least 4 members (excludes halogenated alkanes) is 7. The summed E-state index contributed by atoms with van der Waals surface area (Å²) in [6, 6.07) is -1.04. The molecular formula is C69H118N4O10. The van der Waals surface area contributed by atoms with E-state index in [-0.39, 0.29) is 43.4 Å². The van der Waals surface area contributed by atoms with Crippen molar-refractivity contribution in [3.63, 3.8) is 0 Å². The van der Waals surface area contributed by atoms with Gasteiger partial charge in [0, 0.05) is 38.0 Å². The molecule has 0 aliphatic carbocycles. The van der Waals surface area contributed by atoms with Gasteiger partial charge >= 0.3 is 6.09 Å². The molecule has 1 aliphatic heterocycles. The fraction of sp³-hybridized carbons (Fsp3) is 0.739. The normalized spacial score (nSPS) is 15.5. The van der Waals surface area contributed by atoms with Gasteiger partial charge in [0.25, 0.3) is 0 Å². The molecular weight excluding hydrogens is 1040 g/mol. The summed E-state index contributed by atoms with van der Waals surface area (Å²) >= 11 is 0. The molecule has 2 rings (SSSR count). The number of nitrogens with one attached hydrogen (secondary N) is 4. The predicted molar refractivity (Wildman–Crippen MR) is 341 cm³/mol. The summed E-state index contributed by atoms with van der Waals surface area (Å²) in [4.78, 5) is 49.0. The Kier molecular flexibility index (Phi) is 42.7. The van der Waals surface area contributed by atoms with Crippen molar-refractivity contribution in [2.75, 3.05) is 65.9 Å². The quantitative estimate of drug-likeness (QED) is 0.0311. The van der Waals surface area contributed by atoms with Crippen molar-refractivity contribution in [2.45, 2.75) is 247 Å². The van der Waals surface area contributed by atoms with Crippen LogP contribution in [-0.4, -0.2) is 106 Å². The number of carboxylic acid groups (broad SMARTS) is 1. The molecule has 83 heavy (non-hydrogen) atoms. The van der Waals surface area contributed by atoms with Crippen molar-refractivity contribution in [1.82, 2.24) is 21.3 Å². The van der Waals surface area contributed by atoms with E-state index in [0.29, 0.717) is 59.2 Å². The Morgan fingerprint density at radius 1 is 0.566 bits per heavy atom. The summed E-state index contributed by atoms with van der Waals surface area (Å²) in [6.07, 6.45) is 43.4. The Morgan fingerprint density at radius 3 is 1.70 bits per heavy atom. The Balaban J connectivity index is 1.49. The minimum absolute atomic E-state index is 0.0227. The lowest BCUT2D eigenvalue weighted by Gasteiger charge is -2.38. The second-order valence-electron chi connectivity index (χ2n) is 24.0. The van der Waals surface area contributed by atoms with E-state index in [1.54, 1.807) is 0 Å². The molecule has 1 heterocycles. The second-order valence-corrected chi connectivity index (χ2v) is 24.0. The van der Waals surface area contributed by atoms with Gasteiger partial charge in [-0.1, -0.05) is 154 Å². The topological polar surface area (TPSA) is 183 Å². The average Bonchev–Trinajstić information content (AvgIpc) is 2.33. The van der Waals surface area contributed by atoms with Crippen LogP contribution in [0, 0.1) is 38.5 Å². The number of rotatable bonds is 51. The molecule has 0 saturated carbocycles. The van der Waals surface area contributed by atoms with E-state index >= 15 is 0 Å². The zero-order valence-electron chi connectivity index (χ0n) is 53.7. The molecule has 0 bridgehead atoms. The maximum Gasteiger partial charge on any atom is 0.405 e. The molecule has 4 amide bonds. The lowest BCUT2D eigenvalue weighted by molar-refractivity contribution is -0.124. The molecule has 0 aromatic heterocycles. The van der Waals surface area contributed by atoms with Crippen LogP contribution >= 0.6 is 0 Å². The van der Waals surface area contributed by atoms with Crippen LogP contribution in [0.4, 0.5) is 4.79 Å². The predicted octanol–water partition coefficient (Wildman–Crippen LogP) is 15.0. The van der Waals surface area contributed by atoms with Crippen molar-refractivity contribution >= 4 is 23.8 Å². The average molecular weight is 1160 g/mol. The molecule has 14 heteroatoms. The first kappa shape index (κ1) is 74.4. The van der Waals surface area contributed by atoms with Crippen LogP contribution < -0.4 is 30.7 Å². The number of hydrogen-bond acceptors (Lipinski definition) is 9. The number of benzene rings is 1. The van der Waals surface area contributed by atoms with Gasteiger partial charge in [-0.3, -0.25) is 14.4 Å². The molecule has 3 unspecified atom stereocenters. The maximum absolute atomic E-state index is 12.9. The molecule has 5 N–H and O–H groups in total. The molecule has 1 aromatic carbocycles. The summed E-state index contributed by atoms with van der Waals surface area (Å²) in [5.41, 5.74) is 4.64. The summed E-state index contributed by atoms with van der Waals surface area (Å²) in [5, 5.41) is 20.1. The smallest absolute Gasteiger partial charge is 0.405 e. The largest absolute Gasteiger partial charge is 0.493 e. The number of hydrogen-bond donors (Lipinski definition) is 5. The molecule has 14 nitrogen and oxygen atoms in total. The zero-order chi connectivity index (χ0) is 60.8. The lowest BCUT2D eigenvalue weighted by Crippen LogP contribution is -2.47. The third kappa shape index (κ3) is 37.4. The summed E-state index contributed by atoms with van der Waals surface area (Å²) in [7, 11) is 0. The maximum atomic E-state index is 12.9. The fourth-order valence-electron chi connectivity index (χ4n) is 10.4. The van der Waals surface area contributed by atoms with Gasteiger partial charge in [-0.2, -0.15) is 0 Å². The first-order valence-electron chi connectivity index (χ1n) is 32.6. The van der Waals surface area contributed by atoms with Crippen LogP contribution in [0.5, 0.6) is 11.5 Å². The van der Waals surface area contributed by atoms with Gasteiger partial charge in [0.15, 0.2) is 0 Å². The Morgan fingerprint density at radius 2 is 1.11 bits per heavy atom. The van der Waals surface area contributed by atoms with Crippen LogP contribution in [0.25, 0.3) is 0 Å². The third-order valence-electron chi connectivity index (χ3n) is 15.8. The second kappa shape index (κ2) is 47.6. The van der Waals surface area contributed by atoms with Gasteiger partial charge in [0.05, 0.1) is 46.2 Å². The van der Waals surface area contributed by atoms with Gasteiger partial charge in [0.1, 0.15) is 23.1 Å². The van der Waals surface area contributed by atoms with E-state index in [1.807, 2.05) is 0 Å². The minimum Gasteiger partial charge on any atom is -0.493 e. The summed E-state index contributed by atoms with van der Waals surface area (Å²) in [5.74, 6) is 3.71. The number of fused-ring (bicyclic) bond motifs is 1. The van der Waals surface area contributed by atoms with Gasteiger partial charge in [0.2, 0.25) is 17.7 Å². The van der Waals surface area contributed by atoms with Crippen molar-refractivity contribution in [2.24, 2.45) is 17.8 Å². The van der Waals surface area contributed by atoms with E-state index in [9.17, 15) is 24.3 Å². The summed E-state index contributed by atoms with van der Waals surface area (Å²) < 4.78 is 29.9. The zero-order valence-corrected chi connectivity index (χ0v) is 53.7. The van der Waals surface area contributed by atoms with Gasteiger partial charge in [-0.05, 0) is 152 Å². The number of carbonyl (C=O) groups excluding carboxylic acids is 3. The monoisotopic (exact) mass is 1160 g/mol. The molecule has 0 saturated heterocycles. The highest BCUT2D eigenvalue weighted by Crippen LogP contribution is 2.45. The van der Waals surface area contributed by atoms with Crippen molar-refractivity contribution in [3.05, 3.63) is 70.9 Å². The van der Waals surface area contributed by atoms with Crippen LogP contribution in [0.1, 0.15) is 231 Å². The Hall–Kier alpha value is -4.66. The molecule has 0 radical (unpaired) electrons. The van der Waals surface area contributed by atoms with Gasteiger partial charge < -0.3 is 50.1 Å².